The number of sulfone groups is 1. The van der Waals surface area contributed by atoms with Gasteiger partial charge >= 0.3 is 0 Å². The number of hydrogen-bond acceptors (Lipinski definition) is 4. The molecule has 1 aromatic rings. The van der Waals surface area contributed by atoms with Crippen LogP contribution in [-0.2, 0) is 14.6 Å². The van der Waals surface area contributed by atoms with Crippen LogP contribution in [-0.4, -0.2) is 26.0 Å². The van der Waals surface area contributed by atoms with Gasteiger partial charge in [0.25, 0.3) is 0 Å². The van der Waals surface area contributed by atoms with Crippen molar-refractivity contribution in [1.29, 1.82) is 0 Å². The van der Waals surface area contributed by atoms with Crippen LogP contribution in [0.15, 0.2) is 35.2 Å². The fourth-order valence-corrected chi connectivity index (χ4v) is 2.80. The van der Waals surface area contributed by atoms with E-state index in [1.165, 1.54) is 12.1 Å². The van der Waals surface area contributed by atoms with Crippen LogP contribution in [0.1, 0.15) is 19.8 Å². The van der Waals surface area contributed by atoms with Crippen molar-refractivity contribution >= 4 is 15.6 Å². The average Bonchev–Trinajstić information content (AvgIpc) is 2.30. The molecule has 0 aliphatic carbocycles. The summed E-state index contributed by atoms with van der Waals surface area (Å²) in [7, 11) is -3.55. The van der Waals surface area contributed by atoms with Gasteiger partial charge in [-0.3, -0.25) is 4.79 Å². The summed E-state index contributed by atoms with van der Waals surface area (Å²) in [4.78, 5) is 11.8. The summed E-state index contributed by atoms with van der Waals surface area (Å²) >= 11 is 0. The molecule has 94 valence electrons. The quantitative estimate of drug-likeness (QED) is 0.827. The minimum Gasteiger partial charge on any atom is -0.321 e. The molecular formula is C12H17NO3S. The number of benzene rings is 1. The monoisotopic (exact) mass is 255 g/mol. The molecule has 0 saturated heterocycles. The Bertz CT molecular complexity index is 468. The number of carbonyl (C=O) groups excluding carboxylic acids is 1. The van der Waals surface area contributed by atoms with Gasteiger partial charge in [-0.05, 0) is 18.6 Å². The van der Waals surface area contributed by atoms with E-state index >= 15 is 0 Å². The van der Waals surface area contributed by atoms with Gasteiger partial charge in [0.05, 0.1) is 10.9 Å². The molecule has 1 atom stereocenters. The van der Waals surface area contributed by atoms with E-state index in [0.29, 0.717) is 6.42 Å². The van der Waals surface area contributed by atoms with E-state index in [2.05, 4.69) is 0 Å². The highest BCUT2D eigenvalue weighted by Crippen LogP contribution is 2.11. The number of ketones is 1. The minimum absolute atomic E-state index is 0.164. The third-order valence-electron chi connectivity index (χ3n) is 2.45. The van der Waals surface area contributed by atoms with Gasteiger partial charge in [-0.25, -0.2) is 8.42 Å². The largest absolute Gasteiger partial charge is 0.321 e. The summed E-state index contributed by atoms with van der Waals surface area (Å²) in [5.41, 5.74) is 5.60. The van der Waals surface area contributed by atoms with Crippen molar-refractivity contribution < 1.29 is 13.2 Å². The maximum atomic E-state index is 11.9. The molecule has 0 aliphatic rings. The first-order valence-electron chi connectivity index (χ1n) is 5.53. The van der Waals surface area contributed by atoms with Crippen molar-refractivity contribution in [2.45, 2.75) is 30.7 Å². The van der Waals surface area contributed by atoms with Crippen molar-refractivity contribution in [3.63, 3.8) is 0 Å². The summed E-state index contributed by atoms with van der Waals surface area (Å²) in [5, 5.41) is 0. The van der Waals surface area contributed by atoms with Gasteiger partial charge in [0.15, 0.2) is 15.6 Å². The Morgan fingerprint density at radius 3 is 2.41 bits per heavy atom. The summed E-state index contributed by atoms with van der Waals surface area (Å²) in [6.45, 7) is 1.90. The fourth-order valence-electron chi connectivity index (χ4n) is 1.48. The molecule has 1 aromatic carbocycles. The Morgan fingerprint density at radius 2 is 1.88 bits per heavy atom. The summed E-state index contributed by atoms with van der Waals surface area (Å²) in [6.07, 6.45) is 1.28. The van der Waals surface area contributed by atoms with Gasteiger partial charge in [0.1, 0.15) is 5.75 Å². The zero-order valence-corrected chi connectivity index (χ0v) is 10.6. The molecule has 0 saturated carbocycles. The van der Waals surface area contributed by atoms with Gasteiger partial charge in [-0.1, -0.05) is 31.5 Å². The second-order valence-electron chi connectivity index (χ2n) is 3.93. The average molecular weight is 255 g/mol. The van der Waals surface area contributed by atoms with Gasteiger partial charge in [-0.15, -0.1) is 0 Å². The van der Waals surface area contributed by atoms with Crippen LogP contribution in [0.4, 0.5) is 0 Å². The second-order valence-corrected chi connectivity index (χ2v) is 5.92. The van der Waals surface area contributed by atoms with Crippen LogP contribution in [0.5, 0.6) is 0 Å². The molecule has 1 rings (SSSR count). The van der Waals surface area contributed by atoms with Gasteiger partial charge in [0, 0.05) is 0 Å². The van der Waals surface area contributed by atoms with E-state index in [4.69, 9.17) is 5.73 Å². The Kier molecular flexibility index (Phi) is 4.84. The number of Topliss-reactive ketones (excluding diaryl/α,β-unsaturated/α-hetero) is 1. The Morgan fingerprint density at radius 1 is 1.29 bits per heavy atom. The molecule has 4 nitrogen and oxygen atoms in total. The normalized spacial score (nSPS) is 13.3. The molecule has 0 amide bonds. The predicted octanol–water partition coefficient (Wildman–Crippen LogP) is 1.16. The first-order valence-corrected chi connectivity index (χ1v) is 7.18. The Labute approximate surface area is 102 Å². The second kappa shape index (κ2) is 5.93. The molecule has 0 aromatic heterocycles. The van der Waals surface area contributed by atoms with Gasteiger partial charge in [0.2, 0.25) is 0 Å². The summed E-state index contributed by atoms with van der Waals surface area (Å²) in [5.74, 6) is -0.936. The fraction of sp³-hybridized carbons (Fsp3) is 0.417. The number of carbonyl (C=O) groups is 1. The highest BCUT2D eigenvalue weighted by Gasteiger charge is 2.22. The molecule has 2 N–H and O–H groups in total. The lowest BCUT2D eigenvalue weighted by molar-refractivity contribution is -0.118. The van der Waals surface area contributed by atoms with Crippen LogP contribution < -0.4 is 5.73 Å². The number of hydrogen-bond donors (Lipinski definition) is 1. The number of nitrogens with two attached hydrogens (primary N) is 1. The standard InChI is InChI=1S/C12H17NO3S/c1-2-6-11(13)12(14)9-17(15,16)10-7-4-3-5-8-10/h3-5,7-8,11H,2,6,9,13H2,1H3/t11-/m0/s1. The smallest absolute Gasteiger partial charge is 0.185 e. The molecule has 0 unspecified atom stereocenters. The molecule has 0 fully saturated rings. The van der Waals surface area contributed by atoms with E-state index in [0.717, 1.165) is 6.42 Å². The van der Waals surface area contributed by atoms with E-state index in [9.17, 15) is 13.2 Å². The predicted molar refractivity (Wildman–Crippen MR) is 66.4 cm³/mol. The summed E-state index contributed by atoms with van der Waals surface area (Å²) < 4.78 is 23.7. The van der Waals surface area contributed by atoms with Crippen LogP contribution >= 0.6 is 0 Å². The maximum absolute atomic E-state index is 11.9. The molecule has 5 heteroatoms. The van der Waals surface area contributed by atoms with E-state index in [-0.39, 0.29) is 4.90 Å². The molecule has 0 aliphatic heterocycles. The van der Waals surface area contributed by atoms with E-state index in [1.54, 1.807) is 18.2 Å². The van der Waals surface area contributed by atoms with Crippen LogP contribution in [0.2, 0.25) is 0 Å². The van der Waals surface area contributed by atoms with Crippen LogP contribution in [0.25, 0.3) is 0 Å². The topological polar surface area (TPSA) is 77.2 Å². The highest BCUT2D eigenvalue weighted by atomic mass is 32.2. The zero-order chi connectivity index (χ0) is 12.9. The van der Waals surface area contributed by atoms with Crippen molar-refractivity contribution in [2.24, 2.45) is 5.73 Å². The Balaban J connectivity index is 2.78. The SMILES string of the molecule is CCC[C@H](N)C(=O)CS(=O)(=O)c1ccccc1. The van der Waals surface area contributed by atoms with Crippen LogP contribution in [0.3, 0.4) is 0 Å². The lowest BCUT2D eigenvalue weighted by atomic mass is 10.1. The van der Waals surface area contributed by atoms with Crippen molar-refractivity contribution in [3.8, 4) is 0 Å². The van der Waals surface area contributed by atoms with Crippen molar-refractivity contribution in [3.05, 3.63) is 30.3 Å². The van der Waals surface area contributed by atoms with Crippen molar-refractivity contribution in [2.75, 3.05) is 5.75 Å². The van der Waals surface area contributed by atoms with Crippen molar-refractivity contribution in [1.82, 2.24) is 0 Å². The van der Waals surface area contributed by atoms with Crippen LogP contribution in [0, 0.1) is 0 Å². The first-order chi connectivity index (χ1) is 7.97. The third-order valence-corrected chi connectivity index (χ3v) is 4.10. The lowest BCUT2D eigenvalue weighted by Crippen LogP contribution is -2.35. The molecule has 0 bridgehead atoms. The molecule has 17 heavy (non-hydrogen) atoms. The summed E-state index contributed by atoms with van der Waals surface area (Å²) in [6, 6.07) is 7.26. The number of rotatable bonds is 6. The molecule has 0 heterocycles. The lowest BCUT2D eigenvalue weighted by Gasteiger charge is -2.09. The first kappa shape index (κ1) is 13.9. The maximum Gasteiger partial charge on any atom is 0.185 e. The van der Waals surface area contributed by atoms with Gasteiger partial charge in [-0.2, -0.15) is 0 Å². The highest BCUT2D eigenvalue weighted by molar-refractivity contribution is 7.92. The molecular weight excluding hydrogens is 238 g/mol. The zero-order valence-electron chi connectivity index (χ0n) is 9.80. The molecule has 0 spiro atoms. The van der Waals surface area contributed by atoms with E-state index < -0.39 is 27.4 Å². The van der Waals surface area contributed by atoms with E-state index in [1.807, 2.05) is 6.92 Å². The molecule has 0 radical (unpaired) electrons. The Hall–Kier alpha value is -1.20. The third kappa shape index (κ3) is 3.94. The minimum atomic E-state index is -3.55. The van der Waals surface area contributed by atoms with Gasteiger partial charge < -0.3 is 5.73 Å².